The molecule has 0 spiro atoms. The second kappa shape index (κ2) is 8.60. The molecule has 0 aromatic carbocycles. The Morgan fingerprint density at radius 3 is 3.00 bits per heavy atom. The fourth-order valence-electron chi connectivity index (χ4n) is 3.56. The fourth-order valence-corrected chi connectivity index (χ4v) is 3.56. The summed E-state index contributed by atoms with van der Waals surface area (Å²) in [6.45, 7) is 5.04. The number of aryl methyl sites for hydroxylation is 2. The molecule has 0 unspecified atom stereocenters. The van der Waals surface area contributed by atoms with Crippen LogP contribution in [0, 0.1) is 0 Å². The number of aromatic nitrogens is 2. The van der Waals surface area contributed by atoms with Crippen LogP contribution in [-0.4, -0.2) is 64.6 Å². The molecule has 134 valence electrons. The number of carbonyl (C=O) groups is 1. The molecule has 1 saturated heterocycles. The summed E-state index contributed by atoms with van der Waals surface area (Å²) in [6, 6.07) is 2.77. The van der Waals surface area contributed by atoms with Gasteiger partial charge in [0, 0.05) is 58.3 Å². The van der Waals surface area contributed by atoms with Gasteiger partial charge in [0.25, 0.3) is 0 Å². The zero-order chi connectivity index (χ0) is 16.8. The molecule has 3 rings (SSSR count). The molecule has 1 amide bonds. The third kappa shape index (κ3) is 4.55. The number of hydrogen-bond donors (Lipinski definition) is 2. The smallest absolute Gasteiger partial charge is 0.220 e. The molecule has 1 aromatic heterocycles. The van der Waals surface area contributed by atoms with E-state index >= 15 is 0 Å². The molecule has 2 aliphatic heterocycles. The van der Waals surface area contributed by atoms with E-state index in [1.807, 2.05) is 0 Å². The van der Waals surface area contributed by atoms with Crippen molar-refractivity contribution in [2.24, 2.45) is 0 Å². The molecule has 0 atom stereocenters. The van der Waals surface area contributed by atoms with E-state index in [1.54, 1.807) is 0 Å². The molecule has 0 saturated carbocycles. The average molecular weight is 336 g/mol. The Hall–Kier alpha value is -1.44. The summed E-state index contributed by atoms with van der Waals surface area (Å²) in [6.07, 6.45) is 4.41. The van der Waals surface area contributed by atoms with E-state index in [0.717, 1.165) is 57.8 Å². The number of nitrogens with one attached hydrogen (secondary N) is 1. The lowest BCUT2D eigenvalue weighted by molar-refractivity contribution is -0.121. The van der Waals surface area contributed by atoms with Crippen LogP contribution in [0.5, 0.6) is 0 Å². The minimum Gasteiger partial charge on any atom is -0.395 e. The minimum atomic E-state index is -0.0314. The van der Waals surface area contributed by atoms with Gasteiger partial charge in [0.05, 0.1) is 18.0 Å². The van der Waals surface area contributed by atoms with E-state index in [-0.39, 0.29) is 12.5 Å². The highest BCUT2D eigenvalue weighted by atomic mass is 16.5. The number of amides is 1. The van der Waals surface area contributed by atoms with Crippen molar-refractivity contribution < 1.29 is 14.6 Å². The fraction of sp³-hybridized carbons (Fsp3) is 0.765. The Labute approximate surface area is 143 Å². The van der Waals surface area contributed by atoms with E-state index in [4.69, 9.17) is 9.84 Å². The maximum absolute atomic E-state index is 11.7. The van der Waals surface area contributed by atoms with Gasteiger partial charge in [-0.05, 0) is 25.3 Å². The van der Waals surface area contributed by atoms with Crippen LogP contribution in [0.1, 0.15) is 37.1 Å². The van der Waals surface area contributed by atoms with E-state index in [9.17, 15) is 4.79 Å². The van der Waals surface area contributed by atoms with Gasteiger partial charge in [-0.25, -0.2) is 0 Å². The van der Waals surface area contributed by atoms with Crippen molar-refractivity contribution in [3.8, 4) is 0 Å². The highest BCUT2D eigenvalue weighted by Gasteiger charge is 2.25. The molecule has 1 fully saturated rings. The summed E-state index contributed by atoms with van der Waals surface area (Å²) in [5.41, 5.74) is 2.24. The third-order valence-electron chi connectivity index (χ3n) is 4.84. The zero-order valence-corrected chi connectivity index (χ0v) is 14.2. The van der Waals surface area contributed by atoms with Crippen LogP contribution in [0.3, 0.4) is 0 Å². The number of carbonyl (C=O) groups excluding carboxylic acids is 1. The van der Waals surface area contributed by atoms with Crippen molar-refractivity contribution in [1.82, 2.24) is 20.0 Å². The van der Waals surface area contributed by atoms with Gasteiger partial charge in [-0.15, -0.1) is 0 Å². The Morgan fingerprint density at radius 1 is 1.38 bits per heavy atom. The van der Waals surface area contributed by atoms with Crippen LogP contribution >= 0.6 is 0 Å². The molecule has 0 aliphatic carbocycles. The Kier molecular flexibility index (Phi) is 6.23. The van der Waals surface area contributed by atoms with Gasteiger partial charge in [-0.1, -0.05) is 0 Å². The Balaban J connectivity index is 1.57. The maximum atomic E-state index is 11.7. The first kappa shape index (κ1) is 17.4. The lowest BCUT2D eigenvalue weighted by Crippen LogP contribution is -2.39. The SMILES string of the molecule is O=C(CCc1cc2n(n1)CCCN(C1CCOCC1)C2)NCCO. The monoisotopic (exact) mass is 336 g/mol. The lowest BCUT2D eigenvalue weighted by Gasteiger charge is -2.33. The van der Waals surface area contributed by atoms with Gasteiger partial charge in [0.15, 0.2) is 0 Å². The highest BCUT2D eigenvalue weighted by molar-refractivity contribution is 5.76. The topological polar surface area (TPSA) is 79.6 Å². The van der Waals surface area contributed by atoms with Crippen LogP contribution in [0.4, 0.5) is 0 Å². The van der Waals surface area contributed by atoms with Crippen LogP contribution in [0.15, 0.2) is 6.07 Å². The molecular weight excluding hydrogens is 308 g/mol. The van der Waals surface area contributed by atoms with E-state index in [1.165, 1.54) is 5.69 Å². The second-order valence-electron chi connectivity index (χ2n) is 6.59. The first-order valence-corrected chi connectivity index (χ1v) is 9.01. The zero-order valence-electron chi connectivity index (χ0n) is 14.2. The first-order valence-electron chi connectivity index (χ1n) is 9.01. The quantitative estimate of drug-likeness (QED) is 0.782. The van der Waals surface area contributed by atoms with Gasteiger partial charge >= 0.3 is 0 Å². The number of aliphatic hydroxyl groups excluding tert-OH is 1. The van der Waals surface area contributed by atoms with Crippen LogP contribution in [-0.2, 0) is 29.0 Å². The first-order chi connectivity index (χ1) is 11.8. The number of nitrogens with zero attached hydrogens (tertiary/aromatic N) is 3. The molecule has 0 radical (unpaired) electrons. The number of hydrogen-bond acceptors (Lipinski definition) is 5. The summed E-state index contributed by atoms with van der Waals surface area (Å²) < 4.78 is 7.59. The summed E-state index contributed by atoms with van der Waals surface area (Å²) >= 11 is 0. The van der Waals surface area contributed by atoms with Crippen LogP contribution in [0.2, 0.25) is 0 Å². The normalized spacial score (nSPS) is 19.7. The number of aliphatic hydroxyl groups is 1. The third-order valence-corrected chi connectivity index (χ3v) is 4.84. The van der Waals surface area contributed by atoms with Gasteiger partial charge in [-0.3, -0.25) is 14.4 Å². The molecule has 1 aromatic rings. The molecule has 2 N–H and O–H groups in total. The summed E-state index contributed by atoms with van der Waals surface area (Å²) in [7, 11) is 0. The molecule has 24 heavy (non-hydrogen) atoms. The van der Waals surface area contributed by atoms with E-state index in [2.05, 4.69) is 26.1 Å². The van der Waals surface area contributed by atoms with Gasteiger partial charge in [0.1, 0.15) is 0 Å². The minimum absolute atomic E-state index is 0.0213. The average Bonchev–Trinajstić information content (AvgIpc) is 2.89. The van der Waals surface area contributed by atoms with Gasteiger partial charge in [0.2, 0.25) is 5.91 Å². The predicted octanol–water partition coefficient (Wildman–Crippen LogP) is 0.309. The van der Waals surface area contributed by atoms with Crippen LogP contribution < -0.4 is 5.32 Å². The van der Waals surface area contributed by atoms with Gasteiger partial charge in [-0.2, -0.15) is 5.10 Å². The number of fused-ring (bicyclic) bond motifs is 1. The lowest BCUT2D eigenvalue weighted by atomic mass is 10.1. The summed E-state index contributed by atoms with van der Waals surface area (Å²) in [4.78, 5) is 14.2. The van der Waals surface area contributed by atoms with Crippen molar-refractivity contribution in [2.75, 3.05) is 32.9 Å². The maximum Gasteiger partial charge on any atom is 0.220 e. The van der Waals surface area contributed by atoms with Crippen molar-refractivity contribution in [3.05, 3.63) is 17.5 Å². The standard InChI is InChI=1S/C17H28N4O3/c22-9-6-18-17(23)3-2-14-12-16-13-20(7-1-8-21(16)19-14)15-4-10-24-11-5-15/h12,15,22H,1-11,13H2,(H,18,23). The van der Waals surface area contributed by atoms with Crippen molar-refractivity contribution in [2.45, 2.75) is 51.2 Å². The molecule has 7 nitrogen and oxygen atoms in total. The molecule has 2 aliphatic rings. The van der Waals surface area contributed by atoms with E-state index < -0.39 is 0 Å². The summed E-state index contributed by atoms with van der Waals surface area (Å²) in [5, 5.41) is 16.1. The molecule has 7 heteroatoms. The van der Waals surface area contributed by atoms with Crippen molar-refractivity contribution in [3.63, 3.8) is 0 Å². The molecular formula is C17H28N4O3. The number of ether oxygens (including phenoxy) is 1. The second-order valence-corrected chi connectivity index (χ2v) is 6.59. The number of rotatable bonds is 6. The van der Waals surface area contributed by atoms with Gasteiger partial charge < -0.3 is 15.2 Å². The summed E-state index contributed by atoms with van der Waals surface area (Å²) in [5.74, 6) is -0.0314. The Bertz CT molecular complexity index is 540. The largest absolute Gasteiger partial charge is 0.395 e. The van der Waals surface area contributed by atoms with E-state index in [0.29, 0.717) is 25.4 Å². The Morgan fingerprint density at radius 2 is 2.21 bits per heavy atom. The molecule has 3 heterocycles. The molecule has 0 bridgehead atoms. The predicted molar refractivity (Wildman–Crippen MR) is 89.5 cm³/mol. The van der Waals surface area contributed by atoms with Crippen molar-refractivity contribution >= 4 is 5.91 Å². The highest BCUT2D eigenvalue weighted by Crippen LogP contribution is 2.21. The van der Waals surface area contributed by atoms with Crippen LogP contribution in [0.25, 0.3) is 0 Å². The van der Waals surface area contributed by atoms with Crippen molar-refractivity contribution in [1.29, 1.82) is 0 Å².